The van der Waals surface area contributed by atoms with Gasteiger partial charge in [-0.1, -0.05) is 13.3 Å². The van der Waals surface area contributed by atoms with Crippen LogP contribution < -0.4 is 10.1 Å². The van der Waals surface area contributed by atoms with Gasteiger partial charge in [0.05, 0.1) is 6.61 Å². The molecule has 0 bridgehead atoms. The van der Waals surface area contributed by atoms with Crippen molar-refractivity contribution in [1.82, 2.24) is 4.31 Å². The maximum absolute atomic E-state index is 12.9. The molecule has 1 aliphatic heterocycles. The zero-order chi connectivity index (χ0) is 17.6. The second-order valence-corrected chi connectivity index (χ2v) is 7.76. The fourth-order valence-electron chi connectivity index (χ4n) is 2.69. The lowest BCUT2D eigenvalue weighted by molar-refractivity contribution is -0.116. The largest absolute Gasteiger partial charge is 0.492 e. The Morgan fingerprint density at radius 2 is 1.96 bits per heavy atom. The van der Waals surface area contributed by atoms with Crippen LogP contribution in [0.2, 0.25) is 0 Å². The molecule has 0 aliphatic carbocycles. The Hall–Kier alpha value is -1.60. The topological polar surface area (TPSA) is 75.7 Å². The Kier molecular flexibility index (Phi) is 6.62. The number of unbranched alkanes of at least 4 members (excludes halogenated alkanes) is 1. The number of hydrogen-bond donors (Lipinski definition) is 1. The fraction of sp³-hybridized carbons (Fsp3) is 0.588. The van der Waals surface area contributed by atoms with E-state index in [1.54, 1.807) is 12.1 Å². The summed E-state index contributed by atoms with van der Waals surface area (Å²) in [7, 11) is -3.61. The van der Waals surface area contributed by atoms with Gasteiger partial charge in [-0.05, 0) is 44.4 Å². The van der Waals surface area contributed by atoms with Crippen LogP contribution in [0.3, 0.4) is 0 Å². The molecule has 0 saturated carbocycles. The number of carbonyl (C=O) groups excluding carboxylic acids is 1. The van der Waals surface area contributed by atoms with Crippen LogP contribution in [-0.4, -0.2) is 38.3 Å². The van der Waals surface area contributed by atoms with Gasteiger partial charge in [0, 0.05) is 25.2 Å². The number of amides is 1. The van der Waals surface area contributed by atoms with Crippen molar-refractivity contribution in [3.05, 3.63) is 18.2 Å². The predicted octanol–water partition coefficient (Wildman–Crippen LogP) is 3.00. The molecule has 0 atom stereocenters. The molecule has 7 heteroatoms. The molecular formula is C17H26N2O4S. The minimum Gasteiger partial charge on any atom is -0.492 e. The average Bonchev–Trinajstić information content (AvgIpc) is 3.10. The molecule has 0 spiro atoms. The van der Waals surface area contributed by atoms with Gasteiger partial charge in [-0.3, -0.25) is 4.79 Å². The van der Waals surface area contributed by atoms with Crippen molar-refractivity contribution in [2.24, 2.45) is 0 Å². The quantitative estimate of drug-likeness (QED) is 0.779. The molecule has 1 saturated heterocycles. The number of nitrogens with zero attached hydrogens (tertiary/aromatic N) is 1. The lowest BCUT2D eigenvalue weighted by atomic mass is 10.2. The van der Waals surface area contributed by atoms with E-state index in [1.807, 2.05) is 13.8 Å². The summed E-state index contributed by atoms with van der Waals surface area (Å²) in [5.41, 5.74) is 0.484. The van der Waals surface area contributed by atoms with Gasteiger partial charge < -0.3 is 10.1 Å². The number of benzene rings is 1. The van der Waals surface area contributed by atoms with Gasteiger partial charge >= 0.3 is 0 Å². The molecule has 1 heterocycles. The molecule has 24 heavy (non-hydrogen) atoms. The van der Waals surface area contributed by atoms with Crippen LogP contribution in [0, 0.1) is 0 Å². The molecule has 1 amide bonds. The predicted molar refractivity (Wildman–Crippen MR) is 93.8 cm³/mol. The van der Waals surface area contributed by atoms with Gasteiger partial charge in [0.25, 0.3) is 0 Å². The first-order valence-electron chi connectivity index (χ1n) is 8.56. The number of anilines is 1. The minimum absolute atomic E-state index is 0.106. The number of hydrogen-bond acceptors (Lipinski definition) is 4. The van der Waals surface area contributed by atoms with E-state index < -0.39 is 10.0 Å². The summed E-state index contributed by atoms with van der Waals surface area (Å²) in [5, 5.41) is 2.77. The highest BCUT2D eigenvalue weighted by Crippen LogP contribution is 2.31. The molecule has 1 aliphatic rings. The van der Waals surface area contributed by atoms with E-state index in [-0.39, 0.29) is 10.8 Å². The Labute approximate surface area is 144 Å². The highest BCUT2D eigenvalue weighted by atomic mass is 32.2. The SMILES string of the molecule is CCCCC(=O)Nc1ccc(OCC)c(S(=O)(=O)N2CCCC2)c1. The molecule has 1 aromatic rings. The number of sulfonamides is 1. The fourth-order valence-corrected chi connectivity index (χ4v) is 4.36. The smallest absolute Gasteiger partial charge is 0.246 e. The molecule has 0 radical (unpaired) electrons. The van der Waals surface area contributed by atoms with Crippen LogP contribution in [0.4, 0.5) is 5.69 Å². The van der Waals surface area contributed by atoms with Crippen LogP contribution in [0.15, 0.2) is 23.1 Å². The van der Waals surface area contributed by atoms with E-state index in [0.29, 0.717) is 37.6 Å². The van der Waals surface area contributed by atoms with Crippen molar-refractivity contribution >= 4 is 21.6 Å². The van der Waals surface area contributed by atoms with Crippen molar-refractivity contribution in [2.75, 3.05) is 25.0 Å². The van der Waals surface area contributed by atoms with E-state index in [1.165, 1.54) is 10.4 Å². The summed E-state index contributed by atoms with van der Waals surface area (Å²) < 4.78 is 32.7. The number of carbonyl (C=O) groups is 1. The molecule has 0 unspecified atom stereocenters. The standard InChI is InChI=1S/C17H26N2O4S/c1-3-5-8-17(20)18-14-9-10-15(23-4-2)16(13-14)24(21,22)19-11-6-7-12-19/h9-10,13H,3-8,11-12H2,1-2H3,(H,18,20). The zero-order valence-corrected chi connectivity index (χ0v) is 15.2. The first-order valence-corrected chi connectivity index (χ1v) is 10.00. The van der Waals surface area contributed by atoms with E-state index in [4.69, 9.17) is 4.74 Å². The summed E-state index contributed by atoms with van der Waals surface area (Å²) >= 11 is 0. The van der Waals surface area contributed by atoms with Crippen LogP contribution in [0.5, 0.6) is 5.75 Å². The maximum atomic E-state index is 12.9. The molecule has 1 N–H and O–H groups in total. The Morgan fingerprint density at radius 3 is 2.58 bits per heavy atom. The van der Waals surface area contributed by atoms with Gasteiger partial charge in [-0.25, -0.2) is 8.42 Å². The third kappa shape index (κ3) is 4.48. The van der Waals surface area contributed by atoms with Gasteiger partial charge in [-0.15, -0.1) is 0 Å². The number of ether oxygens (including phenoxy) is 1. The molecule has 2 rings (SSSR count). The van der Waals surface area contributed by atoms with Gasteiger partial charge in [-0.2, -0.15) is 4.31 Å². The van der Waals surface area contributed by atoms with E-state index in [0.717, 1.165) is 25.7 Å². The minimum atomic E-state index is -3.61. The van der Waals surface area contributed by atoms with Crippen LogP contribution >= 0.6 is 0 Å². The monoisotopic (exact) mass is 354 g/mol. The number of nitrogens with one attached hydrogen (secondary N) is 1. The summed E-state index contributed by atoms with van der Waals surface area (Å²) in [5.74, 6) is 0.224. The average molecular weight is 354 g/mol. The Morgan fingerprint density at radius 1 is 1.25 bits per heavy atom. The molecule has 0 aromatic heterocycles. The summed E-state index contributed by atoms with van der Waals surface area (Å²) in [6.45, 7) is 5.27. The van der Waals surface area contributed by atoms with E-state index in [9.17, 15) is 13.2 Å². The van der Waals surface area contributed by atoms with Crippen molar-refractivity contribution in [3.63, 3.8) is 0 Å². The highest BCUT2D eigenvalue weighted by Gasteiger charge is 2.30. The molecule has 1 fully saturated rings. The maximum Gasteiger partial charge on any atom is 0.246 e. The summed E-state index contributed by atoms with van der Waals surface area (Å²) in [4.78, 5) is 12.0. The molecule has 6 nitrogen and oxygen atoms in total. The van der Waals surface area contributed by atoms with Crippen LogP contribution in [0.1, 0.15) is 46.0 Å². The van der Waals surface area contributed by atoms with Crippen molar-refractivity contribution < 1.29 is 17.9 Å². The van der Waals surface area contributed by atoms with Crippen molar-refractivity contribution in [3.8, 4) is 5.75 Å². The second kappa shape index (κ2) is 8.48. The third-order valence-corrected chi connectivity index (χ3v) is 5.89. The van der Waals surface area contributed by atoms with Crippen molar-refractivity contribution in [1.29, 1.82) is 0 Å². The first-order chi connectivity index (χ1) is 11.5. The lowest BCUT2D eigenvalue weighted by Gasteiger charge is -2.19. The molecular weight excluding hydrogens is 328 g/mol. The number of rotatable bonds is 8. The summed E-state index contributed by atoms with van der Waals surface area (Å²) in [6.07, 6.45) is 3.91. The van der Waals surface area contributed by atoms with Crippen LogP contribution in [0.25, 0.3) is 0 Å². The van der Waals surface area contributed by atoms with Gasteiger partial charge in [0.2, 0.25) is 15.9 Å². The van der Waals surface area contributed by atoms with Gasteiger partial charge in [0.15, 0.2) is 0 Å². The summed E-state index contributed by atoms with van der Waals surface area (Å²) in [6, 6.07) is 4.79. The third-order valence-electron chi connectivity index (χ3n) is 3.97. The zero-order valence-electron chi connectivity index (χ0n) is 14.4. The van der Waals surface area contributed by atoms with E-state index >= 15 is 0 Å². The normalized spacial score (nSPS) is 15.4. The molecule has 134 valence electrons. The Bertz CT molecular complexity index is 667. The lowest BCUT2D eigenvalue weighted by Crippen LogP contribution is -2.28. The highest BCUT2D eigenvalue weighted by molar-refractivity contribution is 7.89. The van der Waals surface area contributed by atoms with Gasteiger partial charge in [0.1, 0.15) is 10.6 Å². The Balaban J connectivity index is 2.29. The second-order valence-electron chi connectivity index (χ2n) is 5.86. The molecule has 1 aromatic carbocycles. The van der Waals surface area contributed by atoms with E-state index in [2.05, 4.69) is 5.32 Å². The van der Waals surface area contributed by atoms with Crippen LogP contribution in [-0.2, 0) is 14.8 Å². The van der Waals surface area contributed by atoms with Crippen molar-refractivity contribution in [2.45, 2.75) is 50.8 Å². The first kappa shape index (κ1) is 18.7.